The summed E-state index contributed by atoms with van der Waals surface area (Å²) in [5, 5.41) is 6.23. The lowest BCUT2D eigenvalue weighted by atomic mass is 10.1. The van der Waals surface area contributed by atoms with Gasteiger partial charge in [-0.2, -0.15) is 0 Å². The van der Waals surface area contributed by atoms with Crippen molar-refractivity contribution >= 4 is 17.5 Å². The third-order valence-corrected chi connectivity index (χ3v) is 3.75. The minimum atomic E-state index is -0.271. The van der Waals surface area contributed by atoms with Crippen LogP contribution >= 0.6 is 0 Å². The fourth-order valence-electron chi connectivity index (χ4n) is 2.53. The van der Waals surface area contributed by atoms with Crippen molar-refractivity contribution in [3.8, 4) is 0 Å². The number of aromatic nitrogens is 2. The van der Waals surface area contributed by atoms with Crippen molar-refractivity contribution in [3.63, 3.8) is 0 Å². The summed E-state index contributed by atoms with van der Waals surface area (Å²) in [6.45, 7) is 5.65. The standard InChI is InChI=1S/C15H25N5O/c1-4-12-18-13(16-3)10-14(19-12)17-11(2)15(21)20-8-6-5-7-9-20/h10-11H,4-9H2,1-3H3,(H2,16,17,18,19). The van der Waals surface area contributed by atoms with E-state index in [0.29, 0.717) is 5.82 Å². The van der Waals surface area contributed by atoms with Crippen LogP contribution in [-0.4, -0.2) is 47.0 Å². The van der Waals surface area contributed by atoms with E-state index in [2.05, 4.69) is 20.6 Å². The molecule has 0 aliphatic carbocycles. The maximum atomic E-state index is 12.4. The average Bonchev–Trinajstić information content (AvgIpc) is 2.54. The van der Waals surface area contributed by atoms with Crippen LogP contribution in [0.1, 0.15) is 38.9 Å². The van der Waals surface area contributed by atoms with E-state index in [1.165, 1.54) is 6.42 Å². The molecule has 1 fully saturated rings. The molecule has 2 heterocycles. The number of amides is 1. The lowest BCUT2D eigenvalue weighted by Gasteiger charge is -2.29. The molecule has 0 saturated carbocycles. The number of likely N-dealkylation sites (tertiary alicyclic amines) is 1. The Labute approximate surface area is 126 Å². The quantitative estimate of drug-likeness (QED) is 0.867. The molecule has 2 N–H and O–H groups in total. The van der Waals surface area contributed by atoms with Crippen LogP contribution in [0.5, 0.6) is 0 Å². The smallest absolute Gasteiger partial charge is 0.244 e. The Bertz CT molecular complexity index is 463. The van der Waals surface area contributed by atoms with E-state index in [4.69, 9.17) is 0 Å². The highest BCUT2D eigenvalue weighted by molar-refractivity contribution is 5.84. The molecular weight excluding hydrogens is 266 g/mol. The second-order valence-corrected chi connectivity index (χ2v) is 5.41. The van der Waals surface area contributed by atoms with Crippen molar-refractivity contribution in [1.82, 2.24) is 14.9 Å². The molecule has 2 rings (SSSR count). The van der Waals surface area contributed by atoms with E-state index in [0.717, 1.165) is 44.0 Å². The van der Waals surface area contributed by atoms with Crippen molar-refractivity contribution in [2.24, 2.45) is 0 Å². The van der Waals surface area contributed by atoms with Gasteiger partial charge in [0.1, 0.15) is 23.5 Å². The molecular formula is C15H25N5O. The molecule has 6 nitrogen and oxygen atoms in total. The Morgan fingerprint density at radius 3 is 2.57 bits per heavy atom. The Morgan fingerprint density at radius 1 is 1.29 bits per heavy atom. The summed E-state index contributed by atoms with van der Waals surface area (Å²) >= 11 is 0. The first-order valence-corrected chi connectivity index (χ1v) is 7.75. The second-order valence-electron chi connectivity index (χ2n) is 5.41. The monoisotopic (exact) mass is 291 g/mol. The van der Waals surface area contributed by atoms with Crippen LogP contribution in [0, 0.1) is 0 Å². The van der Waals surface area contributed by atoms with Crippen molar-refractivity contribution in [2.75, 3.05) is 30.8 Å². The highest BCUT2D eigenvalue weighted by Gasteiger charge is 2.22. The average molecular weight is 291 g/mol. The molecule has 1 aliphatic rings. The molecule has 0 aromatic carbocycles. The molecule has 1 saturated heterocycles. The lowest BCUT2D eigenvalue weighted by Crippen LogP contribution is -2.44. The molecule has 21 heavy (non-hydrogen) atoms. The zero-order chi connectivity index (χ0) is 15.2. The van der Waals surface area contributed by atoms with Gasteiger partial charge in [0.25, 0.3) is 0 Å². The number of hydrogen-bond donors (Lipinski definition) is 2. The van der Waals surface area contributed by atoms with Gasteiger partial charge in [-0.3, -0.25) is 4.79 Å². The summed E-state index contributed by atoms with van der Waals surface area (Å²) in [6, 6.07) is 1.56. The molecule has 116 valence electrons. The summed E-state index contributed by atoms with van der Waals surface area (Å²) in [4.78, 5) is 23.2. The molecule has 1 aromatic heterocycles. The third kappa shape index (κ3) is 4.06. The minimum Gasteiger partial charge on any atom is -0.373 e. The second kappa shape index (κ2) is 7.24. The minimum absolute atomic E-state index is 0.150. The van der Waals surface area contributed by atoms with Gasteiger partial charge in [-0.1, -0.05) is 6.92 Å². The Balaban J connectivity index is 2.04. The number of piperidine rings is 1. The Hall–Kier alpha value is -1.85. The summed E-state index contributed by atoms with van der Waals surface area (Å²) in [5.74, 6) is 2.38. The van der Waals surface area contributed by atoms with Gasteiger partial charge >= 0.3 is 0 Å². The predicted octanol–water partition coefficient (Wildman–Crippen LogP) is 1.89. The van der Waals surface area contributed by atoms with E-state index in [1.807, 2.05) is 31.9 Å². The molecule has 1 unspecified atom stereocenters. The maximum absolute atomic E-state index is 12.4. The fraction of sp³-hybridized carbons (Fsp3) is 0.667. The molecule has 0 radical (unpaired) electrons. The SMILES string of the molecule is CCc1nc(NC)cc(NC(C)C(=O)N2CCCCC2)n1. The number of anilines is 2. The van der Waals surface area contributed by atoms with Crippen LogP contribution in [0.4, 0.5) is 11.6 Å². The van der Waals surface area contributed by atoms with E-state index in [9.17, 15) is 4.79 Å². The van der Waals surface area contributed by atoms with Gasteiger partial charge in [0.05, 0.1) is 0 Å². The maximum Gasteiger partial charge on any atom is 0.244 e. The third-order valence-electron chi connectivity index (χ3n) is 3.75. The molecule has 6 heteroatoms. The van der Waals surface area contributed by atoms with Gasteiger partial charge in [0.2, 0.25) is 5.91 Å². The number of rotatable bonds is 5. The normalized spacial score (nSPS) is 16.4. The summed E-state index contributed by atoms with van der Waals surface area (Å²) < 4.78 is 0. The number of carbonyl (C=O) groups is 1. The lowest BCUT2D eigenvalue weighted by molar-refractivity contribution is -0.132. The summed E-state index contributed by atoms with van der Waals surface area (Å²) in [5.41, 5.74) is 0. The van der Waals surface area contributed by atoms with Crippen LogP contribution in [0.25, 0.3) is 0 Å². The van der Waals surface area contributed by atoms with Gasteiger partial charge in [-0.25, -0.2) is 9.97 Å². The fourth-order valence-corrected chi connectivity index (χ4v) is 2.53. The van der Waals surface area contributed by atoms with Crippen LogP contribution in [0.2, 0.25) is 0 Å². The van der Waals surface area contributed by atoms with Gasteiger partial charge < -0.3 is 15.5 Å². The predicted molar refractivity (Wildman–Crippen MR) is 84.5 cm³/mol. The zero-order valence-electron chi connectivity index (χ0n) is 13.1. The number of carbonyl (C=O) groups excluding carboxylic acids is 1. The number of nitrogens with zero attached hydrogens (tertiary/aromatic N) is 3. The first-order valence-electron chi connectivity index (χ1n) is 7.75. The highest BCUT2D eigenvalue weighted by atomic mass is 16.2. The van der Waals surface area contributed by atoms with Gasteiger partial charge in [-0.05, 0) is 26.2 Å². The van der Waals surface area contributed by atoms with E-state index in [1.54, 1.807) is 0 Å². The molecule has 1 amide bonds. The first kappa shape index (κ1) is 15.5. The van der Waals surface area contributed by atoms with Crippen LogP contribution in [-0.2, 0) is 11.2 Å². The van der Waals surface area contributed by atoms with Gasteiger partial charge in [-0.15, -0.1) is 0 Å². The van der Waals surface area contributed by atoms with Crippen molar-refractivity contribution in [3.05, 3.63) is 11.9 Å². The van der Waals surface area contributed by atoms with E-state index < -0.39 is 0 Å². The largest absolute Gasteiger partial charge is 0.373 e. The first-order chi connectivity index (χ1) is 10.1. The molecule has 0 spiro atoms. The number of nitrogens with one attached hydrogen (secondary N) is 2. The molecule has 1 aromatic rings. The molecule has 1 aliphatic heterocycles. The molecule has 0 bridgehead atoms. The Kier molecular flexibility index (Phi) is 5.36. The molecule has 1 atom stereocenters. The van der Waals surface area contributed by atoms with E-state index in [-0.39, 0.29) is 11.9 Å². The zero-order valence-corrected chi connectivity index (χ0v) is 13.1. The van der Waals surface area contributed by atoms with Crippen molar-refractivity contribution in [1.29, 1.82) is 0 Å². The van der Waals surface area contributed by atoms with Crippen molar-refractivity contribution < 1.29 is 4.79 Å². The van der Waals surface area contributed by atoms with Crippen LogP contribution < -0.4 is 10.6 Å². The summed E-state index contributed by atoms with van der Waals surface area (Å²) in [7, 11) is 1.83. The van der Waals surface area contributed by atoms with Crippen LogP contribution in [0.15, 0.2) is 6.07 Å². The van der Waals surface area contributed by atoms with Gasteiger partial charge in [0.15, 0.2) is 0 Å². The van der Waals surface area contributed by atoms with Crippen LogP contribution in [0.3, 0.4) is 0 Å². The van der Waals surface area contributed by atoms with Gasteiger partial charge in [0, 0.05) is 32.6 Å². The van der Waals surface area contributed by atoms with Crippen molar-refractivity contribution in [2.45, 2.75) is 45.6 Å². The number of hydrogen-bond acceptors (Lipinski definition) is 5. The van der Waals surface area contributed by atoms with E-state index >= 15 is 0 Å². The number of aryl methyl sites for hydroxylation is 1. The highest BCUT2D eigenvalue weighted by Crippen LogP contribution is 2.15. The topological polar surface area (TPSA) is 70.2 Å². The summed E-state index contributed by atoms with van der Waals surface area (Å²) in [6.07, 6.45) is 4.20. The Morgan fingerprint density at radius 2 is 1.95 bits per heavy atom.